The smallest absolute Gasteiger partial charge is 0.258 e. The van der Waals surface area contributed by atoms with E-state index in [4.69, 9.17) is 0 Å². The molecule has 2 N–H and O–H groups in total. The normalized spacial score (nSPS) is 10.5. The van der Waals surface area contributed by atoms with E-state index in [0.29, 0.717) is 5.16 Å². The SMILES string of the molecule is O=C(Nc1nc(SCc2ccccc2)n[nH]1)c1cccc(F)c1. The zero-order valence-electron chi connectivity index (χ0n) is 12.0. The molecule has 0 aliphatic rings. The van der Waals surface area contributed by atoms with Crippen LogP contribution in [0.4, 0.5) is 10.3 Å². The van der Waals surface area contributed by atoms with E-state index >= 15 is 0 Å². The fourth-order valence-corrected chi connectivity index (χ4v) is 2.65. The van der Waals surface area contributed by atoms with Gasteiger partial charge < -0.3 is 0 Å². The number of nitrogens with zero attached hydrogens (tertiary/aromatic N) is 2. The van der Waals surface area contributed by atoms with Gasteiger partial charge in [-0.3, -0.25) is 10.1 Å². The molecule has 0 bridgehead atoms. The van der Waals surface area contributed by atoms with Crippen LogP contribution in [0.15, 0.2) is 59.8 Å². The zero-order valence-corrected chi connectivity index (χ0v) is 12.8. The molecular formula is C16H13FN4OS. The van der Waals surface area contributed by atoms with Crippen LogP contribution in [0.5, 0.6) is 0 Å². The van der Waals surface area contributed by atoms with Gasteiger partial charge in [-0.15, -0.1) is 5.10 Å². The predicted octanol–water partition coefficient (Wildman–Crippen LogP) is 3.49. The van der Waals surface area contributed by atoms with Gasteiger partial charge in [-0.05, 0) is 23.8 Å². The summed E-state index contributed by atoms with van der Waals surface area (Å²) in [6, 6.07) is 15.4. The van der Waals surface area contributed by atoms with Crippen LogP contribution in [0.3, 0.4) is 0 Å². The van der Waals surface area contributed by atoms with E-state index in [9.17, 15) is 9.18 Å². The van der Waals surface area contributed by atoms with Crippen LogP contribution in [-0.4, -0.2) is 21.1 Å². The number of carbonyl (C=O) groups is 1. The molecule has 0 aliphatic heterocycles. The lowest BCUT2D eigenvalue weighted by molar-refractivity contribution is 0.102. The Morgan fingerprint density at radius 1 is 1.17 bits per heavy atom. The summed E-state index contributed by atoms with van der Waals surface area (Å²) in [5.74, 6) is 0.0556. The topological polar surface area (TPSA) is 70.7 Å². The van der Waals surface area contributed by atoms with Crippen LogP contribution in [0, 0.1) is 5.82 Å². The van der Waals surface area contributed by atoms with Gasteiger partial charge in [0.25, 0.3) is 5.91 Å². The highest BCUT2D eigenvalue weighted by Crippen LogP contribution is 2.19. The lowest BCUT2D eigenvalue weighted by Gasteiger charge is -2.01. The van der Waals surface area contributed by atoms with E-state index in [1.165, 1.54) is 30.0 Å². The summed E-state index contributed by atoms with van der Waals surface area (Å²) in [5, 5.41) is 9.77. The number of hydrogen-bond acceptors (Lipinski definition) is 4. The standard InChI is InChI=1S/C16H13FN4OS/c17-13-8-4-7-12(9-13)14(22)18-15-19-16(21-20-15)23-10-11-5-2-1-3-6-11/h1-9H,10H2,(H2,18,19,20,21,22). The maximum Gasteiger partial charge on any atom is 0.258 e. The average molecular weight is 328 g/mol. The molecular weight excluding hydrogens is 315 g/mol. The van der Waals surface area contributed by atoms with Crippen LogP contribution >= 0.6 is 11.8 Å². The Balaban J connectivity index is 1.60. The van der Waals surface area contributed by atoms with Gasteiger partial charge in [-0.1, -0.05) is 48.2 Å². The van der Waals surface area contributed by atoms with E-state index in [1.807, 2.05) is 30.3 Å². The number of rotatable bonds is 5. The predicted molar refractivity (Wildman–Crippen MR) is 86.7 cm³/mol. The first-order valence-electron chi connectivity index (χ1n) is 6.87. The molecule has 0 spiro atoms. The minimum atomic E-state index is -0.464. The molecule has 2 aromatic carbocycles. The summed E-state index contributed by atoms with van der Waals surface area (Å²) in [6.45, 7) is 0. The number of hydrogen-bond donors (Lipinski definition) is 2. The van der Waals surface area contributed by atoms with Crippen molar-refractivity contribution in [1.29, 1.82) is 0 Å². The van der Waals surface area contributed by atoms with Crippen molar-refractivity contribution in [3.05, 3.63) is 71.5 Å². The van der Waals surface area contributed by atoms with E-state index in [-0.39, 0.29) is 11.5 Å². The Hall–Kier alpha value is -2.67. The minimum absolute atomic E-state index is 0.222. The monoisotopic (exact) mass is 328 g/mol. The summed E-state index contributed by atoms with van der Waals surface area (Å²) in [6.07, 6.45) is 0. The summed E-state index contributed by atoms with van der Waals surface area (Å²) < 4.78 is 13.1. The number of aromatic nitrogens is 3. The van der Waals surface area contributed by atoms with Gasteiger partial charge in [0.1, 0.15) is 5.82 Å². The second kappa shape index (κ2) is 7.06. The van der Waals surface area contributed by atoms with Crippen LogP contribution in [-0.2, 0) is 5.75 Å². The Morgan fingerprint density at radius 2 is 2.00 bits per heavy atom. The number of benzene rings is 2. The van der Waals surface area contributed by atoms with E-state index in [2.05, 4.69) is 20.5 Å². The van der Waals surface area contributed by atoms with Gasteiger partial charge in [-0.25, -0.2) is 9.49 Å². The first-order chi connectivity index (χ1) is 11.2. The average Bonchev–Trinajstić information content (AvgIpc) is 3.01. The maximum absolute atomic E-state index is 13.1. The highest BCUT2D eigenvalue weighted by Gasteiger charge is 2.10. The lowest BCUT2D eigenvalue weighted by Crippen LogP contribution is -2.13. The molecule has 0 saturated carbocycles. The van der Waals surface area contributed by atoms with Gasteiger partial charge in [0.15, 0.2) is 0 Å². The molecule has 7 heteroatoms. The fourth-order valence-electron chi connectivity index (χ4n) is 1.90. The maximum atomic E-state index is 13.1. The second-order valence-electron chi connectivity index (χ2n) is 4.71. The molecule has 23 heavy (non-hydrogen) atoms. The van der Waals surface area contributed by atoms with E-state index in [1.54, 1.807) is 0 Å². The molecule has 0 atom stereocenters. The number of carbonyl (C=O) groups excluding carboxylic acids is 1. The molecule has 5 nitrogen and oxygen atoms in total. The number of aromatic amines is 1. The van der Waals surface area contributed by atoms with Crippen LogP contribution in [0.25, 0.3) is 0 Å². The van der Waals surface area contributed by atoms with Crippen molar-refractivity contribution in [2.45, 2.75) is 10.9 Å². The first-order valence-corrected chi connectivity index (χ1v) is 7.85. The quantitative estimate of drug-likeness (QED) is 0.703. The van der Waals surface area contributed by atoms with Crippen molar-refractivity contribution < 1.29 is 9.18 Å². The summed E-state index contributed by atoms with van der Waals surface area (Å²) in [4.78, 5) is 16.2. The molecule has 0 unspecified atom stereocenters. The van der Waals surface area contributed by atoms with Crippen molar-refractivity contribution in [2.24, 2.45) is 0 Å². The number of H-pyrrole nitrogens is 1. The Labute approximate surface area is 136 Å². The van der Waals surface area contributed by atoms with Gasteiger partial charge in [0.2, 0.25) is 11.1 Å². The van der Waals surface area contributed by atoms with Gasteiger partial charge in [-0.2, -0.15) is 4.98 Å². The van der Waals surface area contributed by atoms with Crippen LogP contribution in [0.1, 0.15) is 15.9 Å². The lowest BCUT2D eigenvalue weighted by atomic mass is 10.2. The molecule has 1 amide bonds. The third kappa shape index (κ3) is 4.17. The molecule has 0 radical (unpaired) electrons. The Kier molecular flexibility index (Phi) is 4.68. The van der Waals surface area contributed by atoms with Gasteiger partial charge in [0, 0.05) is 11.3 Å². The Morgan fingerprint density at radius 3 is 2.78 bits per heavy atom. The van der Waals surface area contributed by atoms with E-state index in [0.717, 1.165) is 17.4 Å². The molecule has 0 saturated heterocycles. The molecule has 1 heterocycles. The number of nitrogens with one attached hydrogen (secondary N) is 2. The second-order valence-corrected chi connectivity index (χ2v) is 5.65. The number of anilines is 1. The highest BCUT2D eigenvalue weighted by atomic mass is 32.2. The fraction of sp³-hybridized carbons (Fsp3) is 0.0625. The van der Waals surface area contributed by atoms with Crippen molar-refractivity contribution >= 4 is 23.6 Å². The highest BCUT2D eigenvalue weighted by molar-refractivity contribution is 7.98. The zero-order chi connectivity index (χ0) is 16.1. The molecule has 3 rings (SSSR count). The largest absolute Gasteiger partial charge is 0.291 e. The summed E-state index contributed by atoms with van der Waals surface area (Å²) >= 11 is 1.45. The Bertz CT molecular complexity index is 807. The van der Waals surface area contributed by atoms with Gasteiger partial charge in [0.05, 0.1) is 0 Å². The van der Waals surface area contributed by atoms with Crippen molar-refractivity contribution in [1.82, 2.24) is 15.2 Å². The van der Waals surface area contributed by atoms with Crippen molar-refractivity contribution in [3.63, 3.8) is 0 Å². The molecule has 0 fully saturated rings. The molecule has 1 aromatic heterocycles. The van der Waals surface area contributed by atoms with Crippen molar-refractivity contribution in [3.8, 4) is 0 Å². The van der Waals surface area contributed by atoms with E-state index < -0.39 is 11.7 Å². The summed E-state index contributed by atoms with van der Waals surface area (Å²) in [5.41, 5.74) is 1.38. The van der Waals surface area contributed by atoms with Gasteiger partial charge >= 0.3 is 0 Å². The third-order valence-corrected chi connectivity index (χ3v) is 3.91. The van der Waals surface area contributed by atoms with Crippen LogP contribution in [0.2, 0.25) is 0 Å². The minimum Gasteiger partial charge on any atom is -0.291 e. The van der Waals surface area contributed by atoms with Crippen LogP contribution < -0.4 is 5.32 Å². The third-order valence-electron chi connectivity index (χ3n) is 2.99. The first kappa shape index (κ1) is 15.2. The number of amides is 1. The summed E-state index contributed by atoms with van der Waals surface area (Å²) in [7, 11) is 0. The number of halogens is 1. The molecule has 0 aliphatic carbocycles. The molecule has 3 aromatic rings. The molecule has 116 valence electrons. The number of thioether (sulfide) groups is 1. The van der Waals surface area contributed by atoms with Crippen molar-refractivity contribution in [2.75, 3.05) is 5.32 Å².